The van der Waals surface area contributed by atoms with Gasteiger partial charge in [-0.1, -0.05) is 164 Å². The van der Waals surface area contributed by atoms with Gasteiger partial charge in [-0.05, 0) is 56.3 Å². The molecule has 1 heterocycles. The van der Waals surface area contributed by atoms with Crippen LogP contribution in [-0.4, -0.2) is 9.97 Å². The molecule has 0 radical (unpaired) electrons. The lowest BCUT2D eigenvalue weighted by Crippen LogP contribution is -1.95. The number of rotatable bonds is 6. The van der Waals surface area contributed by atoms with Crippen molar-refractivity contribution in [1.82, 2.24) is 9.97 Å². The van der Waals surface area contributed by atoms with Gasteiger partial charge in [-0.3, -0.25) is 0 Å². The molecule has 7 aromatic carbocycles. The van der Waals surface area contributed by atoms with Crippen molar-refractivity contribution in [3.8, 4) is 73.4 Å². The van der Waals surface area contributed by atoms with Crippen LogP contribution in [0.3, 0.4) is 0 Å². The van der Waals surface area contributed by atoms with E-state index < -0.39 is 0 Å². The molecular formula is C45H29N3. The van der Waals surface area contributed by atoms with Crippen LogP contribution in [0.15, 0.2) is 176 Å². The second kappa shape index (κ2) is 12.6. The molecular weight excluding hydrogens is 583 g/mol. The lowest BCUT2D eigenvalue weighted by atomic mass is 9.91. The third-order valence-electron chi connectivity index (χ3n) is 8.80. The summed E-state index contributed by atoms with van der Waals surface area (Å²) in [4.78, 5) is 9.94. The Morgan fingerprint density at radius 2 is 0.771 bits per heavy atom. The van der Waals surface area contributed by atoms with Gasteiger partial charge in [-0.25, -0.2) is 9.97 Å². The second-order valence-corrected chi connectivity index (χ2v) is 11.7. The van der Waals surface area contributed by atoms with Crippen LogP contribution >= 0.6 is 0 Å². The molecule has 8 rings (SSSR count). The molecule has 3 heteroatoms. The highest BCUT2D eigenvalue weighted by atomic mass is 14.9. The second-order valence-electron chi connectivity index (χ2n) is 11.7. The molecule has 1 aromatic heterocycles. The quantitative estimate of drug-likeness (QED) is 0.188. The Hall–Kier alpha value is -6.63. The average molecular weight is 612 g/mol. The van der Waals surface area contributed by atoms with Crippen molar-refractivity contribution in [1.29, 1.82) is 5.26 Å². The van der Waals surface area contributed by atoms with E-state index in [1.54, 1.807) is 0 Å². The standard InChI is InChI=1S/C45H29N3/c46-30-37-15-7-8-16-38(37)31-19-21-32(22-20-31)39-27-28-40(42-18-10-9-17-41(39)42)33-23-25-35(26-24-33)44-29-43(34-11-3-1-4-12-34)47-45(48-44)36-13-5-2-6-14-36/h1-29H. The van der Waals surface area contributed by atoms with E-state index in [1.165, 1.54) is 21.9 Å². The molecule has 8 aromatic rings. The van der Waals surface area contributed by atoms with Crippen molar-refractivity contribution in [2.45, 2.75) is 0 Å². The topological polar surface area (TPSA) is 49.6 Å². The first-order chi connectivity index (χ1) is 23.7. The van der Waals surface area contributed by atoms with E-state index in [-0.39, 0.29) is 0 Å². The highest BCUT2D eigenvalue weighted by Gasteiger charge is 2.13. The van der Waals surface area contributed by atoms with E-state index in [9.17, 15) is 5.26 Å². The lowest BCUT2D eigenvalue weighted by Gasteiger charge is -2.14. The Bertz CT molecular complexity index is 2370. The molecule has 0 N–H and O–H groups in total. The Morgan fingerprint density at radius 3 is 1.31 bits per heavy atom. The molecule has 0 spiro atoms. The van der Waals surface area contributed by atoms with Gasteiger partial charge in [0.25, 0.3) is 0 Å². The van der Waals surface area contributed by atoms with Gasteiger partial charge in [0.15, 0.2) is 5.82 Å². The predicted octanol–water partition coefficient (Wildman–Crippen LogP) is 11.5. The minimum Gasteiger partial charge on any atom is -0.228 e. The molecule has 0 aliphatic carbocycles. The summed E-state index contributed by atoms with van der Waals surface area (Å²) in [5.74, 6) is 0.708. The van der Waals surface area contributed by atoms with Crippen LogP contribution in [0.2, 0.25) is 0 Å². The van der Waals surface area contributed by atoms with Gasteiger partial charge in [0.2, 0.25) is 0 Å². The summed E-state index contributed by atoms with van der Waals surface area (Å²) in [6.45, 7) is 0. The lowest BCUT2D eigenvalue weighted by molar-refractivity contribution is 1.18. The summed E-state index contributed by atoms with van der Waals surface area (Å²) in [5.41, 5.74) is 12.2. The highest BCUT2D eigenvalue weighted by Crippen LogP contribution is 2.37. The minimum absolute atomic E-state index is 0.680. The monoisotopic (exact) mass is 611 g/mol. The van der Waals surface area contributed by atoms with Crippen LogP contribution in [0.1, 0.15) is 5.56 Å². The van der Waals surface area contributed by atoms with Crippen molar-refractivity contribution in [3.05, 3.63) is 181 Å². The van der Waals surface area contributed by atoms with Crippen molar-refractivity contribution in [3.63, 3.8) is 0 Å². The van der Waals surface area contributed by atoms with E-state index in [2.05, 4.69) is 109 Å². The van der Waals surface area contributed by atoms with Crippen molar-refractivity contribution < 1.29 is 0 Å². The highest BCUT2D eigenvalue weighted by molar-refractivity contribution is 6.05. The molecule has 48 heavy (non-hydrogen) atoms. The maximum atomic E-state index is 9.58. The summed E-state index contributed by atoms with van der Waals surface area (Å²) in [6, 6.07) is 62.7. The zero-order valence-electron chi connectivity index (χ0n) is 26.1. The Morgan fingerprint density at radius 1 is 0.354 bits per heavy atom. The third-order valence-corrected chi connectivity index (χ3v) is 8.80. The van der Waals surface area contributed by atoms with E-state index in [4.69, 9.17) is 9.97 Å². The van der Waals surface area contributed by atoms with Crippen LogP contribution in [0.5, 0.6) is 0 Å². The van der Waals surface area contributed by atoms with Crippen LogP contribution in [0.4, 0.5) is 0 Å². The van der Waals surface area contributed by atoms with Crippen molar-refractivity contribution in [2.75, 3.05) is 0 Å². The minimum atomic E-state index is 0.680. The van der Waals surface area contributed by atoms with Gasteiger partial charge in [0, 0.05) is 16.7 Å². The molecule has 224 valence electrons. The molecule has 0 saturated carbocycles. The fraction of sp³-hybridized carbons (Fsp3) is 0. The number of nitrogens with zero attached hydrogens (tertiary/aromatic N) is 3. The number of nitriles is 1. The van der Waals surface area contributed by atoms with Crippen LogP contribution in [0.25, 0.3) is 78.1 Å². The number of hydrogen-bond acceptors (Lipinski definition) is 3. The summed E-state index contributed by atoms with van der Waals surface area (Å²) in [6.07, 6.45) is 0. The predicted molar refractivity (Wildman–Crippen MR) is 197 cm³/mol. The van der Waals surface area contributed by atoms with E-state index >= 15 is 0 Å². The van der Waals surface area contributed by atoms with Gasteiger partial charge >= 0.3 is 0 Å². The first-order valence-electron chi connectivity index (χ1n) is 16.0. The Labute approximate surface area is 280 Å². The van der Waals surface area contributed by atoms with E-state index in [1.807, 2.05) is 72.8 Å². The smallest absolute Gasteiger partial charge is 0.160 e. The van der Waals surface area contributed by atoms with Crippen LogP contribution in [-0.2, 0) is 0 Å². The third kappa shape index (κ3) is 5.53. The fourth-order valence-electron chi connectivity index (χ4n) is 6.35. The zero-order chi connectivity index (χ0) is 32.3. The number of aromatic nitrogens is 2. The molecule has 0 atom stereocenters. The van der Waals surface area contributed by atoms with E-state index in [0.717, 1.165) is 50.3 Å². The zero-order valence-corrected chi connectivity index (χ0v) is 26.1. The molecule has 0 aliphatic rings. The van der Waals surface area contributed by atoms with Gasteiger partial charge in [0.1, 0.15) is 0 Å². The Balaban J connectivity index is 1.15. The molecule has 0 amide bonds. The Kier molecular flexibility index (Phi) is 7.59. The SMILES string of the molecule is N#Cc1ccccc1-c1ccc(-c2ccc(-c3ccc(-c4cc(-c5ccccc5)nc(-c5ccccc5)n4)cc3)c3ccccc23)cc1. The molecule has 0 unspecified atom stereocenters. The molecule has 0 bridgehead atoms. The summed E-state index contributed by atoms with van der Waals surface area (Å²) in [5, 5.41) is 12.0. The summed E-state index contributed by atoms with van der Waals surface area (Å²) in [7, 11) is 0. The van der Waals surface area contributed by atoms with Crippen LogP contribution < -0.4 is 0 Å². The van der Waals surface area contributed by atoms with Gasteiger partial charge < -0.3 is 0 Å². The largest absolute Gasteiger partial charge is 0.228 e. The van der Waals surface area contributed by atoms with Gasteiger partial charge in [0.05, 0.1) is 23.0 Å². The van der Waals surface area contributed by atoms with Crippen molar-refractivity contribution in [2.24, 2.45) is 0 Å². The summed E-state index contributed by atoms with van der Waals surface area (Å²) >= 11 is 0. The van der Waals surface area contributed by atoms with E-state index in [0.29, 0.717) is 11.4 Å². The summed E-state index contributed by atoms with van der Waals surface area (Å²) < 4.78 is 0. The van der Waals surface area contributed by atoms with Gasteiger partial charge in [-0.15, -0.1) is 0 Å². The molecule has 0 saturated heterocycles. The maximum absolute atomic E-state index is 9.58. The average Bonchev–Trinajstić information content (AvgIpc) is 3.18. The van der Waals surface area contributed by atoms with Crippen LogP contribution in [0, 0.1) is 11.3 Å². The molecule has 0 fully saturated rings. The number of benzene rings is 7. The normalized spacial score (nSPS) is 10.9. The van der Waals surface area contributed by atoms with Gasteiger partial charge in [-0.2, -0.15) is 5.26 Å². The molecule has 0 aliphatic heterocycles. The molecule has 3 nitrogen and oxygen atoms in total. The maximum Gasteiger partial charge on any atom is 0.160 e. The first kappa shape index (κ1) is 28.8. The van der Waals surface area contributed by atoms with Crippen molar-refractivity contribution >= 4 is 10.8 Å². The number of fused-ring (bicyclic) bond motifs is 1. The number of hydrogen-bond donors (Lipinski definition) is 0. The fourth-order valence-corrected chi connectivity index (χ4v) is 6.35. The first-order valence-corrected chi connectivity index (χ1v) is 16.0.